The molecule has 0 spiro atoms. The van der Waals surface area contributed by atoms with Crippen molar-refractivity contribution in [3.05, 3.63) is 45.5 Å². The van der Waals surface area contributed by atoms with Crippen LogP contribution in [0.4, 0.5) is 0 Å². The summed E-state index contributed by atoms with van der Waals surface area (Å²) >= 11 is 6.48. The Morgan fingerprint density at radius 1 is 1.26 bits per heavy atom. The first-order valence-corrected chi connectivity index (χ1v) is 9.47. The van der Waals surface area contributed by atoms with E-state index in [-0.39, 0.29) is 5.56 Å². The molecule has 0 radical (unpaired) electrons. The zero-order valence-electron chi connectivity index (χ0n) is 16.5. The van der Waals surface area contributed by atoms with Crippen LogP contribution in [0, 0.1) is 12.8 Å². The molecule has 0 bridgehead atoms. The second-order valence-electron chi connectivity index (χ2n) is 8.08. The largest absolute Gasteiger partial charge is 0.490 e. The molecule has 0 aliphatic heterocycles. The lowest BCUT2D eigenvalue weighted by Crippen LogP contribution is -2.43. The van der Waals surface area contributed by atoms with Gasteiger partial charge in [-0.2, -0.15) is 0 Å². The van der Waals surface area contributed by atoms with Gasteiger partial charge in [0.05, 0.1) is 22.1 Å². The topological polar surface area (TPSA) is 70.1 Å². The predicted octanol–water partition coefficient (Wildman–Crippen LogP) is 4.19. The number of hydrogen-bond acceptors (Lipinski definition) is 4. The van der Waals surface area contributed by atoms with E-state index in [1.807, 2.05) is 19.9 Å². The molecule has 0 saturated carbocycles. The van der Waals surface area contributed by atoms with Crippen LogP contribution in [-0.2, 0) is 7.05 Å². The summed E-state index contributed by atoms with van der Waals surface area (Å²) in [5.41, 5.74) is 7.41. The Hall–Kier alpha value is -2.11. The van der Waals surface area contributed by atoms with Gasteiger partial charge in [-0.3, -0.25) is 9.78 Å². The van der Waals surface area contributed by atoms with Gasteiger partial charge >= 0.3 is 0 Å². The molecule has 1 atom stereocenters. The number of aryl methyl sites for hydroxylation is 2. The van der Waals surface area contributed by atoms with Gasteiger partial charge in [0.15, 0.2) is 0 Å². The fourth-order valence-corrected chi connectivity index (χ4v) is 3.84. The summed E-state index contributed by atoms with van der Waals surface area (Å²) in [6, 6.07) is 5.49. The molecule has 6 heteroatoms. The van der Waals surface area contributed by atoms with Crippen LogP contribution in [0.15, 0.2) is 29.2 Å². The summed E-state index contributed by atoms with van der Waals surface area (Å²) in [6.07, 6.45) is 2.55. The molecule has 0 amide bonds. The van der Waals surface area contributed by atoms with Crippen molar-refractivity contribution in [3.63, 3.8) is 0 Å². The third kappa shape index (κ3) is 3.94. The number of rotatable bonds is 5. The molecule has 2 heterocycles. The molecule has 3 rings (SSSR count). The smallest absolute Gasteiger partial charge is 0.258 e. The van der Waals surface area contributed by atoms with E-state index in [1.54, 1.807) is 29.9 Å². The second-order valence-corrected chi connectivity index (χ2v) is 8.48. The summed E-state index contributed by atoms with van der Waals surface area (Å²) in [5, 5.41) is 2.77. The molecule has 0 unspecified atom stereocenters. The maximum Gasteiger partial charge on any atom is 0.258 e. The third-order valence-corrected chi connectivity index (χ3v) is 5.01. The number of halogens is 1. The summed E-state index contributed by atoms with van der Waals surface area (Å²) in [6.45, 7) is 8.46. The summed E-state index contributed by atoms with van der Waals surface area (Å²) < 4.78 is 7.53. The number of ether oxygens (including phenoxy) is 1. The first kappa shape index (κ1) is 19.6. The van der Waals surface area contributed by atoms with Crippen LogP contribution in [0.5, 0.6) is 5.75 Å². The number of nitrogens with zero attached hydrogens (tertiary/aromatic N) is 2. The van der Waals surface area contributed by atoms with E-state index in [2.05, 4.69) is 18.8 Å². The lowest BCUT2D eigenvalue weighted by molar-refractivity contribution is 0.207. The molecule has 2 aromatic heterocycles. The SMILES string of the molecule is Cc1cc2c3cc(Cl)c(OC[C@@](C)(N)CC(C)C)cc3c(=O)n(C)c2cn1. The van der Waals surface area contributed by atoms with E-state index in [9.17, 15) is 4.79 Å². The lowest BCUT2D eigenvalue weighted by atomic mass is 9.93. The minimum atomic E-state index is -0.469. The van der Waals surface area contributed by atoms with E-state index in [0.717, 1.165) is 28.4 Å². The molecule has 27 heavy (non-hydrogen) atoms. The summed E-state index contributed by atoms with van der Waals surface area (Å²) in [4.78, 5) is 17.2. The molecule has 2 N–H and O–H groups in total. The Bertz CT molecular complexity index is 1070. The van der Waals surface area contributed by atoms with Crippen molar-refractivity contribution in [3.8, 4) is 5.75 Å². The van der Waals surface area contributed by atoms with Gasteiger partial charge in [-0.15, -0.1) is 0 Å². The number of benzene rings is 1. The number of fused-ring (bicyclic) bond motifs is 3. The van der Waals surface area contributed by atoms with Crippen LogP contribution in [0.3, 0.4) is 0 Å². The van der Waals surface area contributed by atoms with Crippen LogP contribution in [0.25, 0.3) is 21.7 Å². The van der Waals surface area contributed by atoms with Crippen molar-refractivity contribution < 1.29 is 4.74 Å². The summed E-state index contributed by atoms with van der Waals surface area (Å²) in [7, 11) is 1.75. The third-order valence-electron chi connectivity index (χ3n) is 4.71. The highest BCUT2D eigenvalue weighted by molar-refractivity contribution is 6.33. The van der Waals surface area contributed by atoms with E-state index in [1.165, 1.54) is 0 Å². The zero-order chi connectivity index (χ0) is 19.9. The van der Waals surface area contributed by atoms with Crippen LogP contribution < -0.4 is 16.0 Å². The van der Waals surface area contributed by atoms with Gasteiger partial charge in [0, 0.05) is 23.7 Å². The predicted molar refractivity (Wildman–Crippen MR) is 112 cm³/mol. The Morgan fingerprint density at radius 2 is 1.96 bits per heavy atom. The Kier molecular flexibility index (Phi) is 5.19. The van der Waals surface area contributed by atoms with Gasteiger partial charge in [-0.25, -0.2) is 0 Å². The Balaban J connectivity index is 2.10. The van der Waals surface area contributed by atoms with Crippen LogP contribution >= 0.6 is 11.6 Å². The highest BCUT2D eigenvalue weighted by Gasteiger charge is 2.22. The monoisotopic (exact) mass is 387 g/mol. The van der Waals surface area contributed by atoms with Crippen LogP contribution in [0.2, 0.25) is 5.02 Å². The minimum absolute atomic E-state index is 0.109. The van der Waals surface area contributed by atoms with Crippen molar-refractivity contribution in [1.29, 1.82) is 0 Å². The summed E-state index contributed by atoms with van der Waals surface area (Å²) in [5.74, 6) is 0.943. The van der Waals surface area contributed by atoms with Gasteiger partial charge in [-0.05, 0) is 49.8 Å². The maximum absolute atomic E-state index is 12.8. The minimum Gasteiger partial charge on any atom is -0.490 e. The Labute approximate surface area is 164 Å². The average molecular weight is 388 g/mol. The first-order chi connectivity index (χ1) is 12.6. The average Bonchev–Trinajstić information content (AvgIpc) is 2.57. The molecule has 144 valence electrons. The van der Waals surface area contributed by atoms with E-state index < -0.39 is 5.54 Å². The zero-order valence-corrected chi connectivity index (χ0v) is 17.2. The quantitative estimate of drug-likeness (QED) is 0.666. The number of hydrogen-bond donors (Lipinski definition) is 1. The fourth-order valence-electron chi connectivity index (χ4n) is 3.62. The van der Waals surface area contributed by atoms with E-state index in [0.29, 0.717) is 28.7 Å². The second kappa shape index (κ2) is 7.13. The van der Waals surface area contributed by atoms with Crippen molar-refractivity contribution in [2.24, 2.45) is 18.7 Å². The highest BCUT2D eigenvalue weighted by atomic mass is 35.5. The molecule has 0 aliphatic carbocycles. The molecule has 1 aromatic carbocycles. The number of nitrogens with two attached hydrogens (primary N) is 1. The fraction of sp³-hybridized carbons (Fsp3) is 0.429. The van der Waals surface area contributed by atoms with Gasteiger partial charge in [0.2, 0.25) is 0 Å². The number of aromatic nitrogens is 2. The number of pyridine rings is 2. The normalized spacial score (nSPS) is 14.1. The molecular formula is C21H26ClN3O2. The van der Waals surface area contributed by atoms with Crippen molar-refractivity contribution in [2.75, 3.05) is 6.61 Å². The van der Waals surface area contributed by atoms with Gasteiger partial charge < -0.3 is 15.0 Å². The maximum atomic E-state index is 12.8. The van der Waals surface area contributed by atoms with E-state index >= 15 is 0 Å². The molecule has 3 aromatic rings. The van der Waals surface area contributed by atoms with Crippen LogP contribution in [-0.4, -0.2) is 21.7 Å². The van der Waals surface area contributed by atoms with Crippen molar-refractivity contribution in [2.45, 2.75) is 39.7 Å². The molecule has 5 nitrogen and oxygen atoms in total. The molecular weight excluding hydrogens is 362 g/mol. The van der Waals surface area contributed by atoms with Crippen molar-refractivity contribution in [1.82, 2.24) is 9.55 Å². The molecule has 0 fully saturated rings. The van der Waals surface area contributed by atoms with E-state index in [4.69, 9.17) is 22.1 Å². The highest BCUT2D eigenvalue weighted by Crippen LogP contribution is 2.33. The van der Waals surface area contributed by atoms with Gasteiger partial charge in [0.1, 0.15) is 12.4 Å². The molecule has 0 aliphatic rings. The van der Waals surface area contributed by atoms with Gasteiger partial charge in [-0.1, -0.05) is 25.4 Å². The van der Waals surface area contributed by atoms with Crippen molar-refractivity contribution >= 4 is 33.3 Å². The standard InChI is InChI=1S/C21H26ClN3O2/c1-12(2)9-21(4,23)11-27-19-8-16-14(7-17(19)22)15-6-13(3)24-10-18(15)25(5)20(16)26/h6-8,10,12H,9,11,23H2,1-5H3/t21-/m0/s1. The molecule has 0 saturated heterocycles. The Morgan fingerprint density at radius 3 is 2.63 bits per heavy atom. The van der Waals surface area contributed by atoms with Gasteiger partial charge in [0.25, 0.3) is 5.56 Å². The van der Waals surface area contributed by atoms with Crippen LogP contribution in [0.1, 0.15) is 32.9 Å². The first-order valence-electron chi connectivity index (χ1n) is 9.09. The lowest BCUT2D eigenvalue weighted by Gasteiger charge is -2.27.